The zero-order valence-corrected chi connectivity index (χ0v) is 12.6. The smallest absolute Gasteiger partial charge is 0.313 e. The minimum atomic E-state index is -0.724. The first-order chi connectivity index (χ1) is 10.6. The zero-order chi connectivity index (χ0) is 15.9. The second-order valence-electron chi connectivity index (χ2n) is 4.76. The van der Waals surface area contributed by atoms with E-state index >= 15 is 0 Å². The number of amides is 2. The SMILES string of the molecule is COc1ccccc1NC(=O)C(=O)NCc1ccccc1C. The van der Waals surface area contributed by atoms with Gasteiger partial charge in [-0.1, -0.05) is 36.4 Å². The van der Waals surface area contributed by atoms with Crippen LogP contribution in [-0.2, 0) is 16.1 Å². The lowest BCUT2D eigenvalue weighted by Gasteiger charge is -2.10. The highest BCUT2D eigenvalue weighted by molar-refractivity contribution is 6.39. The molecule has 0 fully saturated rings. The predicted octanol–water partition coefficient (Wildman–Crippen LogP) is 2.26. The van der Waals surface area contributed by atoms with Crippen molar-refractivity contribution < 1.29 is 14.3 Å². The van der Waals surface area contributed by atoms with Gasteiger partial charge in [-0.3, -0.25) is 9.59 Å². The number of anilines is 1. The van der Waals surface area contributed by atoms with Crippen LogP contribution in [0.3, 0.4) is 0 Å². The Balaban J connectivity index is 1.95. The van der Waals surface area contributed by atoms with E-state index in [-0.39, 0.29) is 0 Å². The first-order valence-electron chi connectivity index (χ1n) is 6.88. The largest absolute Gasteiger partial charge is 0.495 e. The number of carbonyl (C=O) groups excluding carboxylic acids is 2. The van der Waals surface area contributed by atoms with Gasteiger partial charge in [0.25, 0.3) is 0 Å². The van der Waals surface area contributed by atoms with Crippen LogP contribution in [0.2, 0.25) is 0 Å². The molecule has 2 N–H and O–H groups in total. The molecule has 22 heavy (non-hydrogen) atoms. The summed E-state index contributed by atoms with van der Waals surface area (Å²) < 4.78 is 5.12. The monoisotopic (exact) mass is 298 g/mol. The molecule has 5 nitrogen and oxygen atoms in total. The molecule has 0 aliphatic heterocycles. The van der Waals surface area contributed by atoms with Crippen molar-refractivity contribution in [2.24, 2.45) is 0 Å². The van der Waals surface area contributed by atoms with E-state index in [0.717, 1.165) is 11.1 Å². The fourth-order valence-corrected chi connectivity index (χ4v) is 1.99. The Hall–Kier alpha value is -2.82. The molecule has 0 saturated heterocycles. The van der Waals surface area contributed by atoms with Crippen molar-refractivity contribution in [3.63, 3.8) is 0 Å². The molecule has 0 aliphatic rings. The van der Waals surface area contributed by atoms with Crippen molar-refractivity contribution in [2.75, 3.05) is 12.4 Å². The van der Waals surface area contributed by atoms with Crippen LogP contribution in [0.5, 0.6) is 5.75 Å². The molecule has 0 radical (unpaired) electrons. The summed E-state index contributed by atoms with van der Waals surface area (Å²) >= 11 is 0. The van der Waals surface area contributed by atoms with Gasteiger partial charge in [0.1, 0.15) is 5.75 Å². The Morgan fingerprint density at radius 3 is 2.41 bits per heavy atom. The van der Waals surface area contributed by atoms with Crippen LogP contribution in [0, 0.1) is 6.92 Å². The molecule has 2 aromatic carbocycles. The Labute approximate surface area is 129 Å². The van der Waals surface area contributed by atoms with Crippen molar-refractivity contribution in [3.8, 4) is 5.75 Å². The van der Waals surface area contributed by atoms with Crippen LogP contribution < -0.4 is 15.4 Å². The lowest BCUT2D eigenvalue weighted by molar-refractivity contribution is -0.136. The molecule has 0 heterocycles. The Kier molecular flexibility index (Phi) is 5.14. The van der Waals surface area contributed by atoms with E-state index in [9.17, 15) is 9.59 Å². The summed E-state index contributed by atoms with van der Waals surface area (Å²) in [5.74, 6) is -0.908. The fourth-order valence-electron chi connectivity index (χ4n) is 1.99. The van der Waals surface area contributed by atoms with Gasteiger partial charge in [-0.2, -0.15) is 0 Å². The maximum atomic E-state index is 11.9. The van der Waals surface area contributed by atoms with Crippen LogP contribution in [0.1, 0.15) is 11.1 Å². The van der Waals surface area contributed by atoms with Gasteiger partial charge in [-0.25, -0.2) is 0 Å². The van der Waals surface area contributed by atoms with Crippen LogP contribution in [0.15, 0.2) is 48.5 Å². The lowest BCUT2D eigenvalue weighted by Crippen LogP contribution is -2.35. The van der Waals surface area contributed by atoms with E-state index in [1.54, 1.807) is 24.3 Å². The summed E-state index contributed by atoms with van der Waals surface area (Å²) in [4.78, 5) is 23.8. The second kappa shape index (κ2) is 7.26. The third kappa shape index (κ3) is 3.85. The first kappa shape index (κ1) is 15.6. The topological polar surface area (TPSA) is 67.4 Å². The molecule has 0 atom stereocenters. The number of ether oxygens (including phenoxy) is 1. The van der Waals surface area contributed by atoms with Crippen LogP contribution >= 0.6 is 0 Å². The lowest BCUT2D eigenvalue weighted by atomic mass is 10.1. The summed E-state index contributed by atoms with van der Waals surface area (Å²) in [5, 5.41) is 5.14. The third-order valence-corrected chi connectivity index (χ3v) is 3.26. The number of hydrogen-bond donors (Lipinski definition) is 2. The Bertz CT molecular complexity index is 683. The third-order valence-electron chi connectivity index (χ3n) is 3.26. The van der Waals surface area contributed by atoms with Gasteiger partial charge < -0.3 is 15.4 Å². The van der Waals surface area contributed by atoms with Crippen LogP contribution in [0.4, 0.5) is 5.69 Å². The zero-order valence-electron chi connectivity index (χ0n) is 12.6. The molecule has 2 rings (SSSR count). The van der Waals surface area contributed by atoms with Crippen molar-refractivity contribution in [3.05, 3.63) is 59.7 Å². The maximum Gasteiger partial charge on any atom is 0.313 e. The van der Waals surface area contributed by atoms with Gasteiger partial charge in [0.2, 0.25) is 0 Å². The molecule has 0 aromatic heterocycles. The number of nitrogens with one attached hydrogen (secondary N) is 2. The number of carbonyl (C=O) groups is 2. The standard InChI is InChI=1S/C17H18N2O3/c1-12-7-3-4-8-13(12)11-18-16(20)17(21)19-14-9-5-6-10-15(14)22-2/h3-10H,11H2,1-2H3,(H,18,20)(H,19,21). The molecule has 2 amide bonds. The van der Waals surface area contributed by atoms with Gasteiger partial charge in [0.15, 0.2) is 0 Å². The molecule has 0 aliphatic carbocycles. The van der Waals surface area contributed by atoms with E-state index in [1.807, 2.05) is 31.2 Å². The van der Waals surface area contributed by atoms with Crippen molar-refractivity contribution in [1.29, 1.82) is 0 Å². The molecule has 0 unspecified atom stereocenters. The molecule has 5 heteroatoms. The highest BCUT2D eigenvalue weighted by Gasteiger charge is 2.15. The van der Waals surface area contributed by atoms with E-state index in [0.29, 0.717) is 18.0 Å². The molecule has 0 bridgehead atoms. The molecule has 0 saturated carbocycles. The fraction of sp³-hybridized carbons (Fsp3) is 0.176. The minimum absolute atomic E-state index is 0.310. The van der Waals surface area contributed by atoms with E-state index in [1.165, 1.54) is 7.11 Å². The van der Waals surface area contributed by atoms with Crippen molar-refractivity contribution in [2.45, 2.75) is 13.5 Å². The summed E-state index contributed by atoms with van der Waals surface area (Å²) in [6, 6.07) is 14.6. The van der Waals surface area contributed by atoms with Crippen LogP contribution in [0.25, 0.3) is 0 Å². The highest BCUT2D eigenvalue weighted by Crippen LogP contribution is 2.22. The van der Waals surface area contributed by atoms with Gasteiger partial charge in [0, 0.05) is 6.54 Å². The Morgan fingerprint density at radius 2 is 1.68 bits per heavy atom. The molecule has 114 valence electrons. The molecular weight excluding hydrogens is 280 g/mol. The maximum absolute atomic E-state index is 11.9. The number of hydrogen-bond acceptors (Lipinski definition) is 3. The van der Waals surface area contributed by atoms with Crippen molar-refractivity contribution >= 4 is 17.5 Å². The van der Waals surface area contributed by atoms with Gasteiger partial charge in [-0.05, 0) is 30.2 Å². The minimum Gasteiger partial charge on any atom is -0.495 e. The summed E-state index contributed by atoms with van der Waals surface area (Å²) in [7, 11) is 1.50. The van der Waals surface area contributed by atoms with E-state index in [4.69, 9.17) is 4.74 Å². The van der Waals surface area contributed by atoms with Crippen LogP contribution in [-0.4, -0.2) is 18.9 Å². The van der Waals surface area contributed by atoms with E-state index in [2.05, 4.69) is 10.6 Å². The first-order valence-corrected chi connectivity index (χ1v) is 6.88. The second-order valence-corrected chi connectivity index (χ2v) is 4.76. The van der Waals surface area contributed by atoms with E-state index < -0.39 is 11.8 Å². The highest BCUT2D eigenvalue weighted by atomic mass is 16.5. The number of aryl methyl sites for hydroxylation is 1. The average Bonchev–Trinajstić information content (AvgIpc) is 2.54. The number of methoxy groups -OCH3 is 1. The molecular formula is C17H18N2O3. The Morgan fingerprint density at radius 1 is 1.00 bits per heavy atom. The molecule has 2 aromatic rings. The number of benzene rings is 2. The van der Waals surface area contributed by atoms with Crippen molar-refractivity contribution in [1.82, 2.24) is 5.32 Å². The molecule has 0 spiro atoms. The number of para-hydroxylation sites is 2. The summed E-state index contributed by atoms with van der Waals surface area (Å²) in [5.41, 5.74) is 2.50. The summed E-state index contributed by atoms with van der Waals surface area (Å²) in [6.07, 6.45) is 0. The normalized spacial score (nSPS) is 9.91. The summed E-state index contributed by atoms with van der Waals surface area (Å²) in [6.45, 7) is 2.27. The predicted molar refractivity (Wildman–Crippen MR) is 84.6 cm³/mol. The average molecular weight is 298 g/mol. The quantitative estimate of drug-likeness (QED) is 0.851. The van der Waals surface area contributed by atoms with Gasteiger partial charge in [-0.15, -0.1) is 0 Å². The van der Waals surface area contributed by atoms with Gasteiger partial charge in [0.05, 0.1) is 12.8 Å². The van der Waals surface area contributed by atoms with Gasteiger partial charge >= 0.3 is 11.8 Å². The number of rotatable bonds is 4.